The molecule has 24 heavy (non-hydrogen) atoms. The van der Waals surface area contributed by atoms with Crippen LogP contribution in [0.5, 0.6) is 5.75 Å². The maximum atomic E-state index is 12.2. The highest BCUT2D eigenvalue weighted by Gasteiger charge is 2.12. The molecule has 1 aliphatic rings. The lowest BCUT2D eigenvalue weighted by atomic mass is 10.00. The molecule has 2 aromatic rings. The van der Waals surface area contributed by atoms with E-state index in [1.54, 1.807) is 11.8 Å². The van der Waals surface area contributed by atoms with Crippen molar-refractivity contribution in [3.8, 4) is 5.75 Å². The Morgan fingerprint density at radius 3 is 2.42 bits per heavy atom. The highest BCUT2D eigenvalue weighted by atomic mass is 32.2. The van der Waals surface area contributed by atoms with Crippen LogP contribution in [0.25, 0.3) is 6.08 Å². The van der Waals surface area contributed by atoms with Crippen LogP contribution in [-0.2, 0) is 4.79 Å². The summed E-state index contributed by atoms with van der Waals surface area (Å²) in [4.78, 5) is 13.4. The van der Waals surface area contributed by atoms with Crippen molar-refractivity contribution < 1.29 is 9.53 Å². The van der Waals surface area contributed by atoms with E-state index in [0.717, 1.165) is 16.9 Å². The number of esters is 1. The van der Waals surface area contributed by atoms with E-state index < -0.39 is 0 Å². The lowest BCUT2D eigenvalue weighted by molar-refractivity contribution is -0.129. The van der Waals surface area contributed by atoms with Crippen LogP contribution in [0.3, 0.4) is 0 Å². The molecule has 3 heteroatoms. The minimum absolute atomic E-state index is 0.318. The zero-order valence-corrected chi connectivity index (χ0v) is 14.3. The number of thioether (sulfide) groups is 1. The van der Waals surface area contributed by atoms with Gasteiger partial charge >= 0.3 is 5.97 Å². The van der Waals surface area contributed by atoms with E-state index in [1.165, 1.54) is 5.57 Å². The second-order valence-corrected chi connectivity index (χ2v) is 6.27. The number of rotatable bonds is 4. The van der Waals surface area contributed by atoms with Crippen molar-refractivity contribution in [1.82, 2.24) is 0 Å². The van der Waals surface area contributed by atoms with E-state index in [2.05, 4.69) is 18.2 Å². The zero-order chi connectivity index (χ0) is 16.8. The van der Waals surface area contributed by atoms with Gasteiger partial charge in [-0.2, -0.15) is 0 Å². The van der Waals surface area contributed by atoms with Gasteiger partial charge in [-0.25, -0.2) is 4.79 Å². The van der Waals surface area contributed by atoms with E-state index in [0.29, 0.717) is 11.3 Å². The molecule has 1 aliphatic carbocycles. The van der Waals surface area contributed by atoms with Gasteiger partial charge in [0.2, 0.25) is 0 Å². The molecule has 0 aromatic heterocycles. The van der Waals surface area contributed by atoms with Gasteiger partial charge in [-0.1, -0.05) is 48.6 Å². The molecule has 0 aliphatic heterocycles. The fourth-order valence-electron chi connectivity index (χ4n) is 2.39. The fraction of sp³-hybridized carbons (Fsp3) is 0.0952. The molecular formula is C21H18O2S. The Labute approximate surface area is 146 Å². The molecule has 0 unspecified atom stereocenters. The standard InChI is InChI=1S/C21H18O2S/c1-24-20-13-11-19(12-14-20)23-21(22)18-9-7-17(8-10-18)15-16-5-3-2-4-6-16/h2-7,9-15H,8H2,1H3. The van der Waals surface area contributed by atoms with Gasteiger partial charge < -0.3 is 4.74 Å². The van der Waals surface area contributed by atoms with Crippen LogP contribution in [0.15, 0.2) is 88.9 Å². The smallest absolute Gasteiger partial charge is 0.343 e. The maximum Gasteiger partial charge on any atom is 0.343 e. The van der Waals surface area contributed by atoms with Crippen molar-refractivity contribution in [3.63, 3.8) is 0 Å². The second-order valence-electron chi connectivity index (χ2n) is 5.39. The van der Waals surface area contributed by atoms with Gasteiger partial charge in [-0.15, -0.1) is 11.8 Å². The Kier molecular flexibility index (Phi) is 5.34. The number of hydrogen-bond acceptors (Lipinski definition) is 3. The van der Waals surface area contributed by atoms with E-state index >= 15 is 0 Å². The Balaban J connectivity index is 1.63. The number of carbonyl (C=O) groups excluding carboxylic acids is 1. The largest absolute Gasteiger partial charge is 0.423 e. The van der Waals surface area contributed by atoms with Gasteiger partial charge in [-0.05, 0) is 54.2 Å². The lowest BCUT2D eigenvalue weighted by Gasteiger charge is -2.10. The summed E-state index contributed by atoms with van der Waals surface area (Å²) in [5.41, 5.74) is 2.92. The first kappa shape index (κ1) is 16.3. The minimum Gasteiger partial charge on any atom is -0.423 e. The summed E-state index contributed by atoms with van der Waals surface area (Å²) in [5, 5.41) is 0. The number of ether oxygens (including phenoxy) is 1. The van der Waals surface area contributed by atoms with E-state index in [9.17, 15) is 4.79 Å². The number of allylic oxidation sites excluding steroid dienone is 3. The van der Waals surface area contributed by atoms with Crippen LogP contribution >= 0.6 is 11.8 Å². The molecule has 0 spiro atoms. The van der Waals surface area contributed by atoms with E-state index in [4.69, 9.17) is 4.74 Å². The van der Waals surface area contributed by atoms with Crippen molar-refractivity contribution in [2.45, 2.75) is 11.3 Å². The molecule has 0 fully saturated rings. The molecule has 0 radical (unpaired) electrons. The van der Waals surface area contributed by atoms with Crippen LogP contribution < -0.4 is 4.74 Å². The molecule has 0 N–H and O–H groups in total. The van der Waals surface area contributed by atoms with Crippen LogP contribution in [0.4, 0.5) is 0 Å². The first-order chi connectivity index (χ1) is 11.7. The molecule has 0 heterocycles. The van der Waals surface area contributed by atoms with Gasteiger partial charge in [-0.3, -0.25) is 0 Å². The van der Waals surface area contributed by atoms with Gasteiger partial charge in [0.1, 0.15) is 5.75 Å². The van der Waals surface area contributed by atoms with Crippen LogP contribution in [0, 0.1) is 0 Å². The number of carbonyl (C=O) groups is 1. The normalized spacial score (nSPS) is 15.2. The fourth-order valence-corrected chi connectivity index (χ4v) is 2.80. The van der Waals surface area contributed by atoms with Crippen LogP contribution in [-0.4, -0.2) is 12.2 Å². The average molecular weight is 334 g/mol. The summed E-state index contributed by atoms with van der Waals surface area (Å²) < 4.78 is 5.42. The Morgan fingerprint density at radius 1 is 1.04 bits per heavy atom. The highest BCUT2D eigenvalue weighted by Crippen LogP contribution is 2.22. The predicted octanol–water partition coefficient (Wildman–Crippen LogP) is 5.28. The third-order valence-electron chi connectivity index (χ3n) is 3.69. The molecule has 120 valence electrons. The van der Waals surface area contributed by atoms with Crippen molar-refractivity contribution in [1.29, 1.82) is 0 Å². The van der Waals surface area contributed by atoms with Crippen LogP contribution in [0.2, 0.25) is 0 Å². The minimum atomic E-state index is -0.318. The number of benzene rings is 2. The Bertz CT molecular complexity index is 799. The van der Waals surface area contributed by atoms with Crippen molar-refractivity contribution in [2.24, 2.45) is 0 Å². The summed E-state index contributed by atoms with van der Waals surface area (Å²) >= 11 is 1.66. The Hall–Kier alpha value is -2.52. The molecule has 2 nitrogen and oxygen atoms in total. The quantitative estimate of drug-likeness (QED) is 0.432. The van der Waals surface area contributed by atoms with E-state index in [-0.39, 0.29) is 5.97 Å². The molecule has 0 amide bonds. The third kappa shape index (κ3) is 4.27. The first-order valence-corrected chi connectivity index (χ1v) is 8.97. The topological polar surface area (TPSA) is 26.3 Å². The van der Waals surface area contributed by atoms with Gasteiger partial charge in [0.15, 0.2) is 0 Å². The summed E-state index contributed by atoms with van der Waals surface area (Å²) in [6.07, 6.45) is 10.6. The molecule has 0 saturated carbocycles. The summed E-state index contributed by atoms with van der Waals surface area (Å²) in [7, 11) is 0. The summed E-state index contributed by atoms with van der Waals surface area (Å²) in [5.74, 6) is 0.250. The molecule has 3 rings (SSSR count). The molecule has 0 saturated heterocycles. The molecule has 2 aromatic carbocycles. The SMILES string of the molecule is CSc1ccc(OC(=O)C2=CCC(=Cc3ccccc3)C=C2)cc1. The van der Waals surface area contributed by atoms with Gasteiger partial charge in [0.05, 0.1) is 5.57 Å². The van der Waals surface area contributed by atoms with Gasteiger partial charge in [0, 0.05) is 4.90 Å². The summed E-state index contributed by atoms with van der Waals surface area (Å²) in [6.45, 7) is 0. The lowest BCUT2D eigenvalue weighted by Crippen LogP contribution is -2.11. The molecular weight excluding hydrogens is 316 g/mol. The summed E-state index contributed by atoms with van der Waals surface area (Å²) in [6, 6.07) is 17.7. The van der Waals surface area contributed by atoms with Crippen molar-refractivity contribution in [3.05, 3.63) is 89.5 Å². The molecule has 0 bridgehead atoms. The molecule has 0 atom stereocenters. The highest BCUT2D eigenvalue weighted by molar-refractivity contribution is 7.98. The van der Waals surface area contributed by atoms with Crippen molar-refractivity contribution >= 4 is 23.8 Å². The third-order valence-corrected chi connectivity index (χ3v) is 4.44. The van der Waals surface area contributed by atoms with Crippen molar-refractivity contribution in [2.75, 3.05) is 6.26 Å². The number of hydrogen-bond donors (Lipinski definition) is 0. The zero-order valence-electron chi connectivity index (χ0n) is 13.4. The second kappa shape index (κ2) is 7.84. The Morgan fingerprint density at radius 2 is 1.79 bits per heavy atom. The first-order valence-electron chi connectivity index (χ1n) is 7.75. The predicted molar refractivity (Wildman–Crippen MR) is 100 cm³/mol. The maximum absolute atomic E-state index is 12.2. The average Bonchev–Trinajstić information content (AvgIpc) is 2.64. The van der Waals surface area contributed by atoms with Crippen LogP contribution in [0.1, 0.15) is 12.0 Å². The van der Waals surface area contributed by atoms with E-state index in [1.807, 2.05) is 66.9 Å². The monoisotopic (exact) mass is 334 g/mol. The van der Waals surface area contributed by atoms with Gasteiger partial charge in [0.25, 0.3) is 0 Å².